The van der Waals surface area contributed by atoms with E-state index in [1.54, 1.807) is 6.20 Å². The molecule has 0 unspecified atom stereocenters. The number of imidazole rings is 1. The van der Waals surface area contributed by atoms with E-state index in [2.05, 4.69) is 9.97 Å². The van der Waals surface area contributed by atoms with Crippen LogP contribution in [0.4, 0.5) is 0 Å². The van der Waals surface area contributed by atoms with Crippen molar-refractivity contribution in [2.45, 2.75) is 32.1 Å². The first kappa shape index (κ1) is 19.8. The van der Waals surface area contributed by atoms with E-state index in [1.165, 1.54) is 0 Å². The van der Waals surface area contributed by atoms with Crippen LogP contribution in [0.1, 0.15) is 52.0 Å². The summed E-state index contributed by atoms with van der Waals surface area (Å²) >= 11 is 5.96. The molecule has 0 N–H and O–H groups in total. The lowest BCUT2D eigenvalue weighted by molar-refractivity contribution is 0.0692. The van der Waals surface area contributed by atoms with Crippen LogP contribution < -0.4 is 0 Å². The highest BCUT2D eigenvalue weighted by Gasteiger charge is 2.29. The van der Waals surface area contributed by atoms with Crippen LogP contribution in [0.15, 0.2) is 59.4 Å². The predicted molar refractivity (Wildman–Crippen MR) is 119 cm³/mol. The highest BCUT2D eigenvalue weighted by molar-refractivity contribution is 6.30. The third-order valence-electron chi connectivity index (χ3n) is 5.82. The number of carbonyl (C=O) groups excluding carboxylic acids is 1. The summed E-state index contributed by atoms with van der Waals surface area (Å²) in [6.07, 6.45) is 8.05. The van der Waals surface area contributed by atoms with Gasteiger partial charge >= 0.3 is 0 Å². The fraction of sp³-hybridized carbons (Fsp3) is 0.292. The van der Waals surface area contributed by atoms with E-state index in [4.69, 9.17) is 16.0 Å². The molecular formula is C24H23ClN4O2. The van der Waals surface area contributed by atoms with Crippen molar-refractivity contribution in [2.24, 2.45) is 0 Å². The summed E-state index contributed by atoms with van der Waals surface area (Å²) in [6.45, 7) is 3.31. The zero-order chi connectivity index (χ0) is 21.4. The molecule has 1 fully saturated rings. The number of oxazole rings is 1. The van der Waals surface area contributed by atoms with Crippen LogP contribution >= 0.6 is 11.6 Å². The Hall–Kier alpha value is -3.12. The number of carbonyl (C=O) groups is 1. The molecule has 7 heteroatoms. The zero-order valence-corrected chi connectivity index (χ0v) is 18.0. The summed E-state index contributed by atoms with van der Waals surface area (Å²) < 4.78 is 7.96. The summed E-state index contributed by atoms with van der Waals surface area (Å²) in [5.41, 5.74) is 3.46. The molecule has 1 atom stereocenters. The maximum atomic E-state index is 13.1. The molecular weight excluding hydrogens is 412 g/mol. The van der Waals surface area contributed by atoms with E-state index in [1.807, 2.05) is 65.0 Å². The minimum absolute atomic E-state index is 0.0410. The van der Waals surface area contributed by atoms with Crippen LogP contribution in [0.5, 0.6) is 0 Å². The number of aromatic nitrogens is 3. The van der Waals surface area contributed by atoms with E-state index in [9.17, 15) is 4.79 Å². The molecule has 4 aromatic rings. The minimum Gasteiger partial charge on any atom is -0.445 e. The third kappa shape index (κ3) is 4.08. The monoisotopic (exact) mass is 434 g/mol. The number of benzene rings is 1. The van der Waals surface area contributed by atoms with Gasteiger partial charge in [-0.15, -0.1) is 0 Å². The van der Waals surface area contributed by atoms with Crippen LogP contribution in [-0.4, -0.2) is 38.3 Å². The van der Waals surface area contributed by atoms with Gasteiger partial charge in [0.25, 0.3) is 5.91 Å². The first-order valence-corrected chi connectivity index (χ1v) is 10.9. The Bertz CT molecular complexity index is 1230. The van der Waals surface area contributed by atoms with Gasteiger partial charge in [-0.25, -0.2) is 9.97 Å². The molecule has 1 aliphatic rings. The standard InChI is InChI=1S/C24H23ClN4O2/c1-16-4-2-10-28-15-21(27-22(16)28)24(30)29-11-3-5-18(14-29)23-26-13-20(31-23)12-17-6-8-19(25)9-7-17/h2,4,6-10,13,15,18H,3,5,11-12,14H2,1H3/t18-/m1/s1. The normalized spacial score (nSPS) is 16.7. The number of nitrogens with zero attached hydrogens (tertiary/aromatic N) is 4. The zero-order valence-electron chi connectivity index (χ0n) is 17.3. The smallest absolute Gasteiger partial charge is 0.274 e. The average molecular weight is 435 g/mol. The van der Waals surface area contributed by atoms with Crippen molar-refractivity contribution in [2.75, 3.05) is 13.1 Å². The molecule has 158 valence electrons. The summed E-state index contributed by atoms with van der Waals surface area (Å²) in [7, 11) is 0. The van der Waals surface area contributed by atoms with Crippen LogP contribution in [0.2, 0.25) is 5.02 Å². The molecule has 31 heavy (non-hydrogen) atoms. The average Bonchev–Trinajstić information content (AvgIpc) is 3.43. The van der Waals surface area contributed by atoms with Crippen LogP contribution in [0, 0.1) is 6.92 Å². The van der Waals surface area contributed by atoms with Gasteiger partial charge in [0.2, 0.25) is 0 Å². The molecule has 4 heterocycles. The van der Waals surface area contributed by atoms with Crippen molar-refractivity contribution in [3.05, 3.63) is 88.5 Å². The number of piperidine rings is 1. The fourth-order valence-electron chi connectivity index (χ4n) is 4.18. The van der Waals surface area contributed by atoms with Crippen molar-refractivity contribution >= 4 is 23.2 Å². The number of hydrogen-bond acceptors (Lipinski definition) is 4. The number of aryl methyl sites for hydroxylation is 1. The van der Waals surface area contributed by atoms with Crippen molar-refractivity contribution < 1.29 is 9.21 Å². The molecule has 6 nitrogen and oxygen atoms in total. The van der Waals surface area contributed by atoms with Crippen molar-refractivity contribution in [3.63, 3.8) is 0 Å². The number of amides is 1. The molecule has 1 aliphatic heterocycles. The maximum absolute atomic E-state index is 13.1. The Balaban J connectivity index is 1.29. The lowest BCUT2D eigenvalue weighted by atomic mass is 9.98. The van der Waals surface area contributed by atoms with E-state index in [-0.39, 0.29) is 11.8 Å². The Morgan fingerprint density at radius 2 is 2.10 bits per heavy atom. The van der Waals surface area contributed by atoms with E-state index >= 15 is 0 Å². The quantitative estimate of drug-likeness (QED) is 0.458. The molecule has 0 aliphatic carbocycles. The van der Waals surface area contributed by atoms with Crippen molar-refractivity contribution in [1.29, 1.82) is 0 Å². The Labute approximate surface area is 185 Å². The maximum Gasteiger partial charge on any atom is 0.274 e. The van der Waals surface area contributed by atoms with Gasteiger partial charge in [0.15, 0.2) is 5.89 Å². The fourth-order valence-corrected chi connectivity index (χ4v) is 4.30. The number of fused-ring (bicyclic) bond motifs is 1. The second kappa shape index (κ2) is 8.19. The topological polar surface area (TPSA) is 63.6 Å². The SMILES string of the molecule is Cc1cccn2cc(C(=O)N3CCC[C@@H](c4ncc(Cc5ccc(Cl)cc5)o4)C3)nc12. The molecule has 0 bridgehead atoms. The molecule has 1 aromatic carbocycles. The molecule has 5 rings (SSSR count). The highest BCUT2D eigenvalue weighted by atomic mass is 35.5. The van der Waals surface area contributed by atoms with Gasteiger partial charge in [-0.2, -0.15) is 0 Å². The van der Waals surface area contributed by atoms with Gasteiger partial charge in [0, 0.05) is 36.9 Å². The van der Waals surface area contributed by atoms with Crippen molar-refractivity contribution in [3.8, 4) is 0 Å². The summed E-state index contributed by atoms with van der Waals surface area (Å²) in [4.78, 5) is 24.1. The lowest BCUT2D eigenvalue weighted by Gasteiger charge is -2.30. The first-order chi connectivity index (χ1) is 15.1. The predicted octanol–water partition coefficient (Wildman–Crippen LogP) is 4.89. The number of hydrogen-bond donors (Lipinski definition) is 0. The minimum atomic E-state index is -0.0410. The Kier molecular flexibility index (Phi) is 5.24. The van der Waals surface area contributed by atoms with Crippen molar-refractivity contribution in [1.82, 2.24) is 19.3 Å². The summed E-state index contributed by atoms with van der Waals surface area (Å²) in [5.74, 6) is 1.57. The summed E-state index contributed by atoms with van der Waals surface area (Å²) in [6, 6.07) is 11.7. The molecule has 3 aromatic heterocycles. The number of likely N-dealkylation sites (tertiary alicyclic amines) is 1. The summed E-state index contributed by atoms with van der Waals surface area (Å²) in [5, 5.41) is 0.717. The Morgan fingerprint density at radius 1 is 1.26 bits per heavy atom. The molecule has 1 amide bonds. The third-order valence-corrected chi connectivity index (χ3v) is 6.07. The lowest BCUT2D eigenvalue weighted by Crippen LogP contribution is -2.39. The largest absolute Gasteiger partial charge is 0.445 e. The second-order valence-corrected chi connectivity index (χ2v) is 8.54. The van der Waals surface area contributed by atoms with Gasteiger partial charge in [-0.3, -0.25) is 4.79 Å². The van der Waals surface area contributed by atoms with Gasteiger partial charge in [0.1, 0.15) is 17.1 Å². The number of rotatable bonds is 4. The van der Waals surface area contributed by atoms with Crippen LogP contribution in [0.25, 0.3) is 5.65 Å². The molecule has 1 saturated heterocycles. The molecule has 0 spiro atoms. The van der Waals surface area contributed by atoms with Crippen LogP contribution in [-0.2, 0) is 6.42 Å². The highest BCUT2D eigenvalue weighted by Crippen LogP contribution is 2.28. The Morgan fingerprint density at radius 3 is 2.90 bits per heavy atom. The molecule has 0 radical (unpaired) electrons. The number of halogens is 1. The first-order valence-electron chi connectivity index (χ1n) is 10.5. The number of pyridine rings is 1. The van der Waals surface area contributed by atoms with E-state index in [0.717, 1.165) is 46.9 Å². The van der Waals surface area contributed by atoms with Crippen LogP contribution in [0.3, 0.4) is 0 Å². The van der Waals surface area contributed by atoms with E-state index in [0.29, 0.717) is 24.6 Å². The van der Waals surface area contributed by atoms with Gasteiger partial charge < -0.3 is 13.7 Å². The van der Waals surface area contributed by atoms with Gasteiger partial charge in [0.05, 0.1) is 12.1 Å². The second-order valence-electron chi connectivity index (χ2n) is 8.11. The van der Waals surface area contributed by atoms with E-state index < -0.39 is 0 Å². The van der Waals surface area contributed by atoms with Gasteiger partial charge in [-0.1, -0.05) is 29.8 Å². The van der Waals surface area contributed by atoms with Gasteiger partial charge in [-0.05, 0) is 49.1 Å². The molecule has 0 saturated carbocycles.